The van der Waals surface area contributed by atoms with Gasteiger partial charge in [0.1, 0.15) is 17.2 Å². The molecular formula is C28H28O3Ti. The van der Waals surface area contributed by atoms with E-state index in [4.69, 9.17) is 15.3 Å². The summed E-state index contributed by atoms with van der Waals surface area (Å²) in [7, 11) is 0. The topological polar surface area (TPSA) is 60.7 Å². The molecule has 32 heavy (non-hydrogen) atoms. The van der Waals surface area contributed by atoms with E-state index in [0.717, 1.165) is 0 Å². The van der Waals surface area contributed by atoms with Gasteiger partial charge >= 0.3 is 21.7 Å². The van der Waals surface area contributed by atoms with E-state index in [0.29, 0.717) is 17.2 Å². The van der Waals surface area contributed by atoms with Gasteiger partial charge in [-0.1, -0.05) is 54.6 Å². The molecule has 0 heterocycles. The van der Waals surface area contributed by atoms with Crippen molar-refractivity contribution in [3.05, 3.63) is 152 Å². The predicted molar refractivity (Wildman–Crippen MR) is 128 cm³/mol. The number of aromatic hydroxyl groups is 3. The number of phenols is 3. The van der Waals surface area contributed by atoms with Crippen molar-refractivity contribution < 1.29 is 37.0 Å². The summed E-state index contributed by atoms with van der Waals surface area (Å²) in [5.74, 6) is 0.965. The summed E-state index contributed by atoms with van der Waals surface area (Å²) in [6, 6.07) is 46.1. The first-order valence-electron chi connectivity index (χ1n) is 9.74. The Morgan fingerprint density at radius 3 is 0.656 bits per heavy atom. The molecule has 0 amide bonds. The van der Waals surface area contributed by atoms with Gasteiger partial charge in [0.05, 0.1) is 0 Å². The molecule has 4 heteroatoms. The molecule has 3 N–H and O–H groups in total. The van der Waals surface area contributed by atoms with Crippen LogP contribution in [0.1, 0.15) is 0 Å². The maximum absolute atomic E-state index is 8.63. The monoisotopic (exact) mass is 460 g/mol. The molecule has 0 aliphatic carbocycles. The second-order valence-electron chi connectivity index (χ2n) is 5.93. The Kier molecular flexibility index (Phi) is 18.5. The first kappa shape index (κ1) is 28.5. The van der Waals surface area contributed by atoms with Crippen LogP contribution in [0.5, 0.6) is 17.2 Å². The van der Waals surface area contributed by atoms with Gasteiger partial charge in [-0.3, -0.25) is 0 Å². The zero-order chi connectivity index (χ0) is 22.4. The summed E-state index contributed by atoms with van der Waals surface area (Å²) in [5.41, 5.74) is 0. The van der Waals surface area contributed by atoms with Crippen molar-refractivity contribution in [1.29, 1.82) is 0 Å². The van der Waals surface area contributed by atoms with Crippen molar-refractivity contribution in [3.8, 4) is 17.2 Å². The number of hydrogen-bond donors (Lipinski definition) is 3. The Hall–Kier alpha value is -3.53. The molecule has 0 saturated carbocycles. The zero-order valence-corrected chi connectivity index (χ0v) is 19.3. The Balaban J connectivity index is 0.000000375. The fourth-order valence-corrected chi connectivity index (χ4v) is 1.93. The molecule has 0 aromatic heterocycles. The van der Waals surface area contributed by atoms with Crippen LogP contribution in [-0.2, 0) is 21.7 Å². The Morgan fingerprint density at radius 2 is 0.562 bits per heavy atom. The molecule has 0 bridgehead atoms. The third kappa shape index (κ3) is 18.5. The van der Waals surface area contributed by atoms with E-state index < -0.39 is 0 Å². The molecule has 0 saturated heterocycles. The van der Waals surface area contributed by atoms with E-state index in [-0.39, 0.29) is 21.7 Å². The fraction of sp³-hybridized carbons (Fsp3) is 0. The number of benzene rings is 3. The van der Waals surface area contributed by atoms with Crippen molar-refractivity contribution in [2.24, 2.45) is 0 Å². The van der Waals surface area contributed by atoms with Crippen LogP contribution in [0.2, 0.25) is 0 Å². The number of rotatable bonds is 0. The van der Waals surface area contributed by atoms with Crippen LogP contribution >= 0.6 is 0 Å². The van der Waals surface area contributed by atoms with E-state index in [1.807, 2.05) is 78.9 Å². The summed E-state index contributed by atoms with van der Waals surface area (Å²) in [6.07, 6.45) is 0. The smallest absolute Gasteiger partial charge is 0.508 e. The van der Waals surface area contributed by atoms with Crippen LogP contribution < -0.4 is 0 Å². The van der Waals surface area contributed by atoms with Gasteiger partial charge in [-0.05, 0) is 36.4 Å². The van der Waals surface area contributed by atoms with E-state index in [1.165, 1.54) is 0 Å². The molecule has 0 unspecified atom stereocenters. The molecule has 0 atom stereocenters. The Labute approximate surface area is 205 Å². The third-order valence-corrected chi connectivity index (χ3v) is 3.38. The molecule has 162 valence electrons. The Bertz CT molecular complexity index is 788. The molecule has 5 aromatic rings. The van der Waals surface area contributed by atoms with E-state index in [2.05, 4.69) is 0 Å². The average Bonchev–Trinajstić information content (AvgIpc) is 3.56. The molecule has 0 aliphatic rings. The summed E-state index contributed by atoms with van der Waals surface area (Å²) >= 11 is 0. The minimum atomic E-state index is 0. The zero-order valence-electron chi connectivity index (χ0n) is 17.8. The Morgan fingerprint density at radius 1 is 0.344 bits per heavy atom. The second-order valence-corrected chi connectivity index (χ2v) is 5.93. The number of phenolic OH excluding ortho intramolecular Hbond substituents is 3. The first-order chi connectivity index (χ1) is 15.2. The molecular weight excluding hydrogens is 432 g/mol. The van der Waals surface area contributed by atoms with Crippen LogP contribution in [0, 0.1) is 0 Å². The standard InChI is InChI=1S/3C6H6O.2C5H5.Ti/c3*7-6-4-2-1-3-5-6;2*1-2-4-5-3-1;/h3*1-5,7H;2*1-5H;/q;;;2*-1;+2. The van der Waals surface area contributed by atoms with Crippen molar-refractivity contribution in [2.75, 3.05) is 0 Å². The summed E-state index contributed by atoms with van der Waals surface area (Å²) < 4.78 is 0. The molecule has 0 radical (unpaired) electrons. The van der Waals surface area contributed by atoms with Gasteiger partial charge in [0.15, 0.2) is 0 Å². The van der Waals surface area contributed by atoms with E-state index in [1.54, 1.807) is 72.8 Å². The van der Waals surface area contributed by atoms with Crippen LogP contribution in [-0.4, -0.2) is 15.3 Å². The van der Waals surface area contributed by atoms with Crippen LogP contribution in [0.4, 0.5) is 0 Å². The maximum Gasteiger partial charge on any atom is 2.00 e. The molecule has 5 aromatic carbocycles. The van der Waals surface area contributed by atoms with Gasteiger partial charge in [-0.15, -0.1) is 0 Å². The molecule has 5 rings (SSSR count). The predicted octanol–water partition coefficient (Wildman–Crippen LogP) is 6.99. The summed E-state index contributed by atoms with van der Waals surface area (Å²) in [5, 5.41) is 25.9. The minimum Gasteiger partial charge on any atom is -0.508 e. The van der Waals surface area contributed by atoms with Crippen LogP contribution in [0.25, 0.3) is 0 Å². The largest absolute Gasteiger partial charge is 2.00 e. The summed E-state index contributed by atoms with van der Waals surface area (Å²) in [4.78, 5) is 0. The van der Waals surface area contributed by atoms with Crippen LogP contribution in [0.3, 0.4) is 0 Å². The van der Waals surface area contributed by atoms with Gasteiger partial charge in [0.2, 0.25) is 0 Å². The molecule has 0 spiro atoms. The molecule has 3 nitrogen and oxygen atoms in total. The van der Waals surface area contributed by atoms with Crippen molar-refractivity contribution in [2.45, 2.75) is 0 Å². The normalized spacial score (nSPS) is 8.12. The number of hydrogen-bond acceptors (Lipinski definition) is 3. The average molecular weight is 460 g/mol. The SMILES string of the molecule is Oc1ccccc1.Oc1ccccc1.Oc1ccccc1.[Ti+2].c1cc[cH-]c1.c1cc[cH-]c1. The van der Waals surface area contributed by atoms with E-state index in [9.17, 15) is 0 Å². The van der Waals surface area contributed by atoms with Crippen molar-refractivity contribution in [3.63, 3.8) is 0 Å². The van der Waals surface area contributed by atoms with Crippen molar-refractivity contribution in [1.82, 2.24) is 0 Å². The second kappa shape index (κ2) is 20.7. The fourth-order valence-electron chi connectivity index (χ4n) is 1.93. The first-order valence-corrected chi connectivity index (χ1v) is 9.74. The maximum atomic E-state index is 8.63. The van der Waals surface area contributed by atoms with Gasteiger partial charge in [-0.2, -0.15) is 36.4 Å². The quantitative estimate of drug-likeness (QED) is 0.173. The minimum absolute atomic E-state index is 0. The van der Waals surface area contributed by atoms with Gasteiger partial charge in [-0.25, -0.2) is 24.3 Å². The van der Waals surface area contributed by atoms with Gasteiger partial charge < -0.3 is 15.3 Å². The third-order valence-electron chi connectivity index (χ3n) is 3.38. The summed E-state index contributed by atoms with van der Waals surface area (Å²) in [6.45, 7) is 0. The number of para-hydroxylation sites is 3. The van der Waals surface area contributed by atoms with Crippen LogP contribution in [0.15, 0.2) is 152 Å². The molecule has 0 aliphatic heterocycles. The van der Waals surface area contributed by atoms with E-state index >= 15 is 0 Å². The molecule has 0 fully saturated rings. The van der Waals surface area contributed by atoms with Gasteiger partial charge in [0, 0.05) is 0 Å². The van der Waals surface area contributed by atoms with Crippen molar-refractivity contribution >= 4 is 0 Å². The van der Waals surface area contributed by atoms with Gasteiger partial charge in [0.25, 0.3) is 0 Å².